The van der Waals surface area contributed by atoms with Crippen LogP contribution in [0.5, 0.6) is 0 Å². The molecule has 2 heterocycles. The molecule has 0 saturated heterocycles. The molecule has 0 aliphatic rings. The van der Waals surface area contributed by atoms with E-state index in [9.17, 15) is 9.59 Å². The van der Waals surface area contributed by atoms with Gasteiger partial charge in [0, 0.05) is 23.0 Å². The number of rotatable bonds is 6. The standard InChI is InChI=1S/C17H16ClN5O3/c1-11-5-15(21-23(11)8-12-3-2-4-14(18)6-12)20-16(24)10-22-9-13(7-19-22)17(25)26/h2-7,9H,8,10H2,1H3,(H,25,26)(H,20,21,24). The molecule has 0 spiro atoms. The molecule has 1 aromatic carbocycles. The summed E-state index contributed by atoms with van der Waals surface area (Å²) in [5, 5.41) is 20.4. The fourth-order valence-corrected chi connectivity index (χ4v) is 2.64. The summed E-state index contributed by atoms with van der Waals surface area (Å²) in [7, 11) is 0. The number of carbonyl (C=O) groups is 2. The van der Waals surface area contributed by atoms with Crippen LogP contribution in [0.2, 0.25) is 5.02 Å². The van der Waals surface area contributed by atoms with Gasteiger partial charge in [0.15, 0.2) is 5.82 Å². The lowest BCUT2D eigenvalue weighted by Crippen LogP contribution is -2.19. The number of amides is 1. The molecule has 0 saturated carbocycles. The number of hydrogen-bond donors (Lipinski definition) is 2. The minimum Gasteiger partial charge on any atom is -0.478 e. The van der Waals surface area contributed by atoms with Crippen LogP contribution in [0.25, 0.3) is 0 Å². The number of halogens is 1. The Morgan fingerprint density at radius 2 is 2.12 bits per heavy atom. The molecule has 9 heteroatoms. The van der Waals surface area contributed by atoms with E-state index in [2.05, 4.69) is 15.5 Å². The molecule has 0 radical (unpaired) electrons. The number of nitrogens with one attached hydrogen (secondary N) is 1. The van der Waals surface area contributed by atoms with Crippen molar-refractivity contribution in [2.75, 3.05) is 5.32 Å². The number of benzene rings is 1. The molecule has 0 atom stereocenters. The number of aromatic carboxylic acids is 1. The number of carboxylic acid groups (broad SMARTS) is 1. The molecule has 1 amide bonds. The van der Waals surface area contributed by atoms with Crippen molar-refractivity contribution in [2.45, 2.75) is 20.0 Å². The van der Waals surface area contributed by atoms with Gasteiger partial charge in [-0.1, -0.05) is 23.7 Å². The summed E-state index contributed by atoms with van der Waals surface area (Å²) in [5.41, 5.74) is 1.91. The van der Waals surface area contributed by atoms with Gasteiger partial charge in [-0.25, -0.2) is 4.79 Å². The molecule has 2 N–H and O–H groups in total. The van der Waals surface area contributed by atoms with E-state index >= 15 is 0 Å². The van der Waals surface area contributed by atoms with Crippen molar-refractivity contribution >= 4 is 29.3 Å². The Morgan fingerprint density at radius 3 is 2.81 bits per heavy atom. The Balaban J connectivity index is 1.64. The van der Waals surface area contributed by atoms with Crippen molar-refractivity contribution in [1.29, 1.82) is 0 Å². The molecular formula is C17H16ClN5O3. The Labute approximate surface area is 154 Å². The normalized spacial score (nSPS) is 10.7. The average molecular weight is 374 g/mol. The highest BCUT2D eigenvalue weighted by Gasteiger charge is 2.11. The van der Waals surface area contributed by atoms with Crippen LogP contribution in [-0.4, -0.2) is 36.5 Å². The third-order valence-electron chi connectivity index (χ3n) is 3.66. The van der Waals surface area contributed by atoms with Gasteiger partial charge in [0.25, 0.3) is 0 Å². The zero-order valence-corrected chi connectivity index (χ0v) is 14.6. The van der Waals surface area contributed by atoms with Crippen LogP contribution in [0.1, 0.15) is 21.6 Å². The van der Waals surface area contributed by atoms with E-state index in [1.807, 2.05) is 25.1 Å². The van der Waals surface area contributed by atoms with Gasteiger partial charge in [-0.2, -0.15) is 10.2 Å². The molecule has 134 valence electrons. The van der Waals surface area contributed by atoms with Gasteiger partial charge in [0.2, 0.25) is 5.91 Å². The summed E-state index contributed by atoms with van der Waals surface area (Å²) in [6, 6.07) is 9.24. The van der Waals surface area contributed by atoms with Crippen LogP contribution in [0.4, 0.5) is 5.82 Å². The van der Waals surface area contributed by atoms with Gasteiger partial charge in [0.1, 0.15) is 6.54 Å². The second-order valence-electron chi connectivity index (χ2n) is 5.74. The lowest BCUT2D eigenvalue weighted by atomic mass is 10.2. The molecule has 0 bridgehead atoms. The highest BCUT2D eigenvalue weighted by atomic mass is 35.5. The minimum absolute atomic E-state index is 0.0273. The number of aromatic nitrogens is 4. The first kappa shape index (κ1) is 17.7. The Hall–Kier alpha value is -3.13. The summed E-state index contributed by atoms with van der Waals surface area (Å²) in [6.07, 6.45) is 2.49. The number of aryl methyl sites for hydroxylation is 1. The first-order chi connectivity index (χ1) is 12.4. The van der Waals surface area contributed by atoms with E-state index in [1.54, 1.807) is 16.8 Å². The van der Waals surface area contributed by atoms with Crippen molar-refractivity contribution in [1.82, 2.24) is 19.6 Å². The summed E-state index contributed by atoms with van der Waals surface area (Å²) in [5.74, 6) is -1.02. The number of hydrogen-bond acceptors (Lipinski definition) is 4. The molecule has 26 heavy (non-hydrogen) atoms. The maximum Gasteiger partial charge on any atom is 0.338 e. The molecule has 0 aliphatic heterocycles. The van der Waals surface area contributed by atoms with Crippen LogP contribution in [0, 0.1) is 6.92 Å². The van der Waals surface area contributed by atoms with Crippen LogP contribution in [-0.2, 0) is 17.9 Å². The van der Waals surface area contributed by atoms with Crippen molar-refractivity contribution < 1.29 is 14.7 Å². The highest BCUT2D eigenvalue weighted by molar-refractivity contribution is 6.30. The summed E-state index contributed by atoms with van der Waals surface area (Å²) < 4.78 is 3.02. The molecule has 8 nitrogen and oxygen atoms in total. The molecule has 3 aromatic rings. The molecule has 0 unspecified atom stereocenters. The summed E-state index contributed by atoms with van der Waals surface area (Å²) in [4.78, 5) is 22.9. The van der Waals surface area contributed by atoms with Crippen molar-refractivity contribution in [3.63, 3.8) is 0 Å². The van der Waals surface area contributed by atoms with Crippen LogP contribution >= 0.6 is 11.6 Å². The number of anilines is 1. The predicted molar refractivity (Wildman–Crippen MR) is 95.3 cm³/mol. The van der Waals surface area contributed by atoms with Crippen molar-refractivity contribution in [3.05, 3.63) is 64.6 Å². The minimum atomic E-state index is -1.09. The Bertz CT molecular complexity index is 963. The zero-order chi connectivity index (χ0) is 18.7. The number of carbonyl (C=O) groups excluding carboxylic acids is 1. The fourth-order valence-electron chi connectivity index (χ4n) is 2.43. The predicted octanol–water partition coefficient (Wildman–Crippen LogP) is 2.43. The van der Waals surface area contributed by atoms with E-state index in [4.69, 9.17) is 16.7 Å². The lowest BCUT2D eigenvalue weighted by molar-refractivity contribution is -0.116. The first-order valence-electron chi connectivity index (χ1n) is 7.75. The smallest absolute Gasteiger partial charge is 0.338 e. The van der Waals surface area contributed by atoms with Gasteiger partial charge in [-0.15, -0.1) is 0 Å². The van der Waals surface area contributed by atoms with Crippen LogP contribution in [0.3, 0.4) is 0 Å². The molecule has 2 aromatic heterocycles. The first-order valence-corrected chi connectivity index (χ1v) is 8.13. The van der Waals surface area contributed by atoms with Gasteiger partial charge in [0.05, 0.1) is 18.3 Å². The van der Waals surface area contributed by atoms with Gasteiger partial charge >= 0.3 is 5.97 Å². The zero-order valence-electron chi connectivity index (χ0n) is 13.9. The monoisotopic (exact) mass is 373 g/mol. The van der Waals surface area contributed by atoms with Crippen LogP contribution < -0.4 is 5.32 Å². The Kier molecular flexibility index (Phi) is 5.04. The number of nitrogens with zero attached hydrogens (tertiary/aromatic N) is 4. The summed E-state index contributed by atoms with van der Waals surface area (Å²) >= 11 is 5.99. The number of carboxylic acids is 1. The quantitative estimate of drug-likeness (QED) is 0.690. The molecule has 3 rings (SSSR count). The highest BCUT2D eigenvalue weighted by Crippen LogP contribution is 2.15. The van der Waals surface area contributed by atoms with Gasteiger partial charge in [-0.3, -0.25) is 14.2 Å². The largest absolute Gasteiger partial charge is 0.478 e. The van der Waals surface area contributed by atoms with Gasteiger partial charge < -0.3 is 10.4 Å². The lowest BCUT2D eigenvalue weighted by Gasteiger charge is -2.05. The van der Waals surface area contributed by atoms with E-state index in [0.29, 0.717) is 17.4 Å². The van der Waals surface area contributed by atoms with Crippen molar-refractivity contribution in [2.24, 2.45) is 0 Å². The van der Waals surface area contributed by atoms with E-state index in [1.165, 1.54) is 17.1 Å². The second-order valence-corrected chi connectivity index (χ2v) is 6.17. The molecule has 0 aliphatic carbocycles. The summed E-state index contributed by atoms with van der Waals surface area (Å²) in [6.45, 7) is 2.32. The van der Waals surface area contributed by atoms with E-state index in [-0.39, 0.29) is 18.0 Å². The second kappa shape index (κ2) is 7.40. The molecular weight excluding hydrogens is 358 g/mol. The third kappa shape index (κ3) is 4.28. The van der Waals surface area contributed by atoms with E-state index < -0.39 is 5.97 Å². The van der Waals surface area contributed by atoms with Crippen LogP contribution in [0.15, 0.2) is 42.7 Å². The maximum atomic E-state index is 12.1. The third-order valence-corrected chi connectivity index (χ3v) is 3.89. The van der Waals surface area contributed by atoms with Gasteiger partial charge in [-0.05, 0) is 24.6 Å². The fraction of sp³-hybridized carbons (Fsp3) is 0.176. The van der Waals surface area contributed by atoms with Crippen molar-refractivity contribution in [3.8, 4) is 0 Å². The Morgan fingerprint density at radius 1 is 1.31 bits per heavy atom. The SMILES string of the molecule is Cc1cc(NC(=O)Cn2cc(C(=O)O)cn2)nn1Cc1cccc(Cl)c1. The van der Waals surface area contributed by atoms with E-state index in [0.717, 1.165) is 11.3 Å². The molecule has 0 fully saturated rings. The topological polar surface area (TPSA) is 102 Å². The average Bonchev–Trinajstić information content (AvgIpc) is 3.15. The maximum absolute atomic E-state index is 12.1.